The second-order valence-corrected chi connectivity index (χ2v) is 6.62. The van der Waals surface area contributed by atoms with Gasteiger partial charge in [0.25, 0.3) is 0 Å². The molecule has 1 saturated carbocycles. The van der Waals surface area contributed by atoms with Gasteiger partial charge in [-0.15, -0.1) is 0 Å². The van der Waals surface area contributed by atoms with Crippen LogP contribution < -0.4 is 5.32 Å². The highest BCUT2D eigenvalue weighted by atomic mass is 32.2. The molecule has 2 unspecified atom stereocenters. The number of nitrogens with one attached hydrogen (secondary N) is 1. The zero-order chi connectivity index (χ0) is 13.5. The highest BCUT2D eigenvalue weighted by Gasteiger charge is 2.22. The molecule has 0 aromatic heterocycles. The van der Waals surface area contributed by atoms with Gasteiger partial charge in [0.2, 0.25) is 0 Å². The fraction of sp³-hybridized carbons (Fsp3) is 1.00. The summed E-state index contributed by atoms with van der Waals surface area (Å²) < 4.78 is 28.1. The lowest BCUT2D eigenvalue weighted by atomic mass is 10.1. The van der Waals surface area contributed by atoms with E-state index < -0.39 is 11.1 Å². The van der Waals surface area contributed by atoms with Crippen LogP contribution in [0.5, 0.6) is 0 Å². The van der Waals surface area contributed by atoms with E-state index in [0.717, 1.165) is 38.5 Å². The quantitative estimate of drug-likeness (QED) is 0.390. The Kier molecular flexibility index (Phi) is 6.73. The molecule has 1 N–H and O–H groups in total. The van der Waals surface area contributed by atoms with Crippen LogP contribution in [0.3, 0.4) is 0 Å². The van der Waals surface area contributed by atoms with Crippen molar-refractivity contribution in [1.29, 1.82) is 0 Å². The molecule has 1 heterocycles. The Labute approximate surface area is 118 Å². The Morgan fingerprint density at radius 2 is 2.05 bits per heavy atom. The van der Waals surface area contributed by atoms with Gasteiger partial charge in [-0.25, -0.2) is 0 Å². The van der Waals surface area contributed by atoms with Gasteiger partial charge in [-0.3, -0.25) is 14.4 Å². The van der Waals surface area contributed by atoms with Crippen molar-refractivity contribution in [2.45, 2.75) is 43.9 Å². The van der Waals surface area contributed by atoms with Crippen molar-refractivity contribution < 1.29 is 13.5 Å². The van der Waals surface area contributed by atoms with E-state index in [-0.39, 0.29) is 5.37 Å². The molecule has 5 nitrogen and oxygen atoms in total. The van der Waals surface area contributed by atoms with Gasteiger partial charge in [-0.1, -0.05) is 6.42 Å². The molecule has 0 spiro atoms. The maximum absolute atomic E-state index is 11.3. The Bertz CT molecular complexity index is 281. The predicted molar refractivity (Wildman–Crippen MR) is 74.3 cm³/mol. The summed E-state index contributed by atoms with van der Waals surface area (Å²) in [6.07, 6.45) is 6.69. The van der Waals surface area contributed by atoms with E-state index in [4.69, 9.17) is 4.74 Å². The second kappa shape index (κ2) is 8.32. The monoisotopic (exact) mass is 289 g/mol. The van der Waals surface area contributed by atoms with Gasteiger partial charge < -0.3 is 9.29 Å². The van der Waals surface area contributed by atoms with E-state index in [1.165, 1.54) is 19.3 Å². The maximum atomic E-state index is 11.3. The van der Waals surface area contributed by atoms with Crippen LogP contribution >= 0.6 is 0 Å². The van der Waals surface area contributed by atoms with Crippen LogP contribution in [0.2, 0.25) is 0 Å². The summed E-state index contributed by atoms with van der Waals surface area (Å²) >= 11 is -2.01. The molecular weight excluding hydrogens is 264 g/mol. The Morgan fingerprint density at radius 1 is 1.32 bits per heavy atom. The number of hydrogen-bond donors (Lipinski definition) is 1. The van der Waals surface area contributed by atoms with Crippen molar-refractivity contribution in [2.75, 3.05) is 33.0 Å². The smallest absolute Gasteiger partial charge is 0.0965 e. The van der Waals surface area contributed by atoms with Crippen molar-refractivity contribution in [3.05, 3.63) is 0 Å². The molecule has 0 bridgehead atoms. The minimum Gasteiger partial charge on any atom is -0.771 e. The summed E-state index contributed by atoms with van der Waals surface area (Å²) in [5, 5.41) is 2.83. The van der Waals surface area contributed by atoms with Gasteiger partial charge in [-0.2, -0.15) is 0 Å². The summed E-state index contributed by atoms with van der Waals surface area (Å²) in [7, 11) is 0. The summed E-state index contributed by atoms with van der Waals surface area (Å²) in [4.78, 5) is 2.10. The molecule has 1 aliphatic carbocycles. The van der Waals surface area contributed by atoms with E-state index in [9.17, 15) is 8.76 Å². The average Bonchev–Trinajstić information content (AvgIpc) is 3.22. The first-order valence-electron chi connectivity index (χ1n) is 7.38. The molecule has 2 aliphatic rings. The van der Waals surface area contributed by atoms with Crippen LogP contribution in [0.1, 0.15) is 38.5 Å². The number of piperidine rings is 1. The molecule has 0 aromatic rings. The number of hydrogen-bond acceptors (Lipinski definition) is 5. The third-order valence-electron chi connectivity index (χ3n) is 3.84. The van der Waals surface area contributed by atoms with E-state index in [1.54, 1.807) is 0 Å². The minimum atomic E-state index is -2.01. The molecular formula is C13H25N2O3S-. The lowest BCUT2D eigenvalue weighted by molar-refractivity contribution is 0.105. The zero-order valence-electron chi connectivity index (χ0n) is 11.5. The van der Waals surface area contributed by atoms with Gasteiger partial charge in [-0.05, 0) is 68.7 Å². The lowest BCUT2D eigenvalue weighted by Gasteiger charge is -2.35. The first-order chi connectivity index (χ1) is 9.27. The highest BCUT2D eigenvalue weighted by molar-refractivity contribution is 7.79. The van der Waals surface area contributed by atoms with Crippen molar-refractivity contribution in [3.8, 4) is 0 Å². The van der Waals surface area contributed by atoms with Crippen molar-refractivity contribution in [2.24, 2.45) is 5.92 Å². The number of nitrogens with zero attached hydrogens (tertiary/aromatic N) is 1. The first kappa shape index (κ1) is 15.4. The van der Waals surface area contributed by atoms with Crippen LogP contribution in [-0.2, 0) is 15.8 Å². The van der Waals surface area contributed by atoms with E-state index >= 15 is 0 Å². The van der Waals surface area contributed by atoms with Crippen molar-refractivity contribution in [1.82, 2.24) is 10.2 Å². The molecule has 1 saturated heterocycles. The SMILES string of the molecule is O=S([O-])C(CCNCOCC1CC1)N1CCCCC1. The molecule has 0 aromatic carbocycles. The van der Waals surface area contributed by atoms with Crippen molar-refractivity contribution in [3.63, 3.8) is 0 Å². The molecule has 0 radical (unpaired) electrons. The molecule has 6 heteroatoms. The van der Waals surface area contributed by atoms with Crippen LogP contribution in [0.15, 0.2) is 0 Å². The van der Waals surface area contributed by atoms with Crippen molar-refractivity contribution >= 4 is 11.1 Å². The molecule has 1 aliphatic heterocycles. The van der Waals surface area contributed by atoms with Gasteiger partial charge >= 0.3 is 0 Å². The van der Waals surface area contributed by atoms with E-state index in [2.05, 4.69) is 10.2 Å². The van der Waals surface area contributed by atoms with Gasteiger partial charge in [0.05, 0.1) is 18.7 Å². The molecule has 2 atom stereocenters. The fourth-order valence-electron chi connectivity index (χ4n) is 2.49. The third-order valence-corrected chi connectivity index (χ3v) is 4.82. The van der Waals surface area contributed by atoms with E-state index in [0.29, 0.717) is 19.7 Å². The molecule has 0 amide bonds. The molecule has 112 valence electrons. The number of rotatable bonds is 9. The van der Waals surface area contributed by atoms with Crippen LogP contribution in [0, 0.1) is 5.92 Å². The molecule has 2 rings (SSSR count). The van der Waals surface area contributed by atoms with Gasteiger partial charge in [0, 0.05) is 0 Å². The number of ether oxygens (including phenoxy) is 1. The summed E-state index contributed by atoms with van der Waals surface area (Å²) in [5.74, 6) is 0.775. The van der Waals surface area contributed by atoms with Gasteiger partial charge in [0.1, 0.15) is 0 Å². The normalized spacial score (nSPS) is 24.3. The summed E-state index contributed by atoms with van der Waals surface area (Å²) in [6.45, 7) is 3.90. The standard InChI is InChI=1S/C13H26N2O3S/c16-19(17)13(15-8-2-1-3-9-15)6-7-14-11-18-10-12-4-5-12/h12-14H,1-11H2,(H,16,17)/p-1. The third kappa shape index (κ3) is 5.87. The topological polar surface area (TPSA) is 64.6 Å². The summed E-state index contributed by atoms with van der Waals surface area (Å²) in [5.41, 5.74) is 0. The molecule has 19 heavy (non-hydrogen) atoms. The highest BCUT2D eigenvalue weighted by Crippen LogP contribution is 2.28. The van der Waals surface area contributed by atoms with Gasteiger partial charge in [0.15, 0.2) is 0 Å². The second-order valence-electron chi connectivity index (χ2n) is 5.56. The number of likely N-dealkylation sites (tertiary alicyclic amines) is 1. The predicted octanol–water partition coefficient (Wildman–Crippen LogP) is 1.04. The Balaban J connectivity index is 1.57. The average molecular weight is 289 g/mol. The van der Waals surface area contributed by atoms with Crippen LogP contribution in [0.4, 0.5) is 0 Å². The van der Waals surface area contributed by atoms with E-state index in [1.807, 2.05) is 0 Å². The largest absolute Gasteiger partial charge is 0.771 e. The lowest BCUT2D eigenvalue weighted by Crippen LogP contribution is -2.43. The van der Waals surface area contributed by atoms with Crippen LogP contribution in [-0.4, -0.2) is 52.0 Å². The Hall–Kier alpha value is -0.0100. The zero-order valence-corrected chi connectivity index (χ0v) is 12.3. The summed E-state index contributed by atoms with van der Waals surface area (Å²) in [6, 6.07) is 0. The fourth-order valence-corrected chi connectivity index (χ4v) is 3.25. The first-order valence-corrected chi connectivity index (χ1v) is 8.52. The maximum Gasteiger partial charge on any atom is 0.0965 e. The minimum absolute atomic E-state index is 0.337. The Morgan fingerprint density at radius 3 is 2.68 bits per heavy atom. The van der Waals surface area contributed by atoms with Crippen LogP contribution in [0.25, 0.3) is 0 Å². The molecule has 2 fully saturated rings.